The van der Waals surface area contributed by atoms with E-state index in [1.165, 1.54) is 6.07 Å². The monoisotopic (exact) mass is 527 g/mol. The Bertz CT molecular complexity index is 1500. The van der Waals surface area contributed by atoms with Crippen LogP contribution in [0, 0.1) is 5.82 Å². The van der Waals surface area contributed by atoms with Crippen LogP contribution in [0.2, 0.25) is 0 Å². The summed E-state index contributed by atoms with van der Waals surface area (Å²) in [5.74, 6) is 0.451. The van der Waals surface area contributed by atoms with E-state index < -0.39 is 5.82 Å². The first-order valence-electron chi connectivity index (χ1n) is 12.6. The predicted octanol–water partition coefficient (Wildman–Crippen LogP) is 2.51. The molecular weight excluding hydrogens is 501 g/mol. The van der Waals surface area contributed by atoms with Crippen molar-refractivity contribution in [3.63, 3.8) is 0 Å². The average molecular weight is 528 g/mol. The van der Waals surface area contributed by atoms with Gasteiger partial charge in [0.25, 0.3) is 5.91 Å². The smallest absolute Gasteiger partial charge is 0.251 e. The zero-order chi connectivity index (χ0) is 26.8. The number of morpholine rings is 1. The van der Waals surface area contributed by atoms with Crippen LogP contribution in [-0.4, -0.2) is 63.7 Å². The van der Waals surface area contributed by atoms with Gasteiger partial charge in [0, 0.05) is 67.7 Å². The fourth-order valence-corrected chi connectivity index (χ4v) is 4.73. The molecule has 0 radical (unpaired) electrons. The molecule has 1 fully saturated rings. The van der Waals surface area contributed by atoms with Gasteiger partial charge in [-0.05, 0) is 42.3 Å². The lowest BCUT2D eigenvalue weighted by atomic mass is 10.1. The molecular formula is C27H26FN9O2. The van der Waals surface area contributed by atoms with E-state index in [0.717, 1.165) is 11.1 Å². The maximum atomic E-state index is 15.5. The van der Waals surface area contributed by atoms with Gasteiger partial charge in [-0.3, -0.25) is 9.78 Å². The van der Waals surface area contributed by atoms with Gasteiger partial charge in [0.2, 0.25) is 11.9 Å². The normalized spacial score (nSPS) is 14.8. The third-order valence-corrected chi connectivity index (χ3v) is 6.76. The Hall–Kier alpha value is -4.71. The molecule has 11 nitrogen and oxygen atoms in total. The van der Waals surface area contributed by atoms with Crippen molar-refractivity contribution in [2.24, 2.45) is 0 Å². The number of hydrogen-bond donors (Lipinski definition) is 2. The number of hydrogen-bond acceptors (Lipinski definition) is 10. The molecule has 2 aliphatic rings. The van der Waals surface area contributed by atoms with Crippen LogP contribution < -0.4 is 20.9 Å². The van der Waals surface area contributed by atoms with Crippen molar-refractivity contribution < 1.29 is 13.9 Å². The predicted molar refractivity (Wildman–Crippen MR) is 143 cm³/mol. The number of nitrogens with two attached hydrogens (primary N) is 1. The summed E-state index contributed by atoms with van der Waals surface area (Å²) in [4.78, 5) is 38.5. The van der Waals surface area contributed by atoms with Crippen molar-refractivity contribution in [2.45, 2.75) is 13.0 Å². The summed E-state index contributed by atoms with van der Waals surface area (Å²) in [6.45, 7) is 3.27. The number of halogens is 1. The third-order valence-electron chi connectivity index (χ3n) is 6.76. The maximum absolute atomic E-state index is 15.5. The highest BCUT2D eigenvalue weighted by molar-refractivity contribution is 5.94. The van der Waals surface area contributed by atoms with Crippen LogP contribution in [0.15, 0.2) is 55.1 Å². The van der Waals surface area contributed by atoms with Gasteiger partial charge in [-0.25, -0.2) is 19.3 Å². The molecule has 198 valence electrons. The number of nitrogens with one attached hydrogen (secondary N) is 1. The molecule has 5 heterocycles. The summed E-state index contributed by atoms with van der Waals surface area (Å²) in [6, 6.07) is 8.12. The first kappa shape index (κ1) is 24.6. The van der Waals surface area contributed by atoms with Crippen LogP contribution in [0.25, 0.3) is 11.3 Å². The van der Waals surface area contributed by atoms with Gasteiger partial charge in [0.15, 0.2) is 0 Å². The second-order valence-corrected chi connectivity index (χ2v) is 9.21. The van der Waals surface area contributed by atoms with Gasteiger partial charge < -0.3 is 25.6 Å². The van der Waals surface area contributed by atoms with E-state index in [1.54, 1.807) is 36.9 Å². The number of amides is 1. The molecule has 0 saturated carbocycles. The minimum atomic E-state index is -0.511. The zero-order valence-electron chi connectivity index (χ0n) is 21.0. The first-order valence-corrected chi connectivity index (χ1v) is 12.6. The molecule has 0 unspecified atom stereocenters. The van der Waals surface area contributed by atoms with Crippen LogP contribution in [-0.2, 0) is 17.7 Å². The molecule has 6 rings (SSSR count). The van der Waals surface area contributed by atoms with Crippen molar-refractivity contribution >= 4 is 29.3 Å². The third kappa shape index (κ3) is 5.06. The lowest BCUT2D eigenvalue weighted by Crippen LogP contribution is -2.37. The van der Waals surface area contributed by atoms with E-state index in [9.17, 15) is 4.79 Å². The molecule has 0 atom stereocenters. The summed E-state index contributed by atoms with van der Waals surface area (Å²) in [7, 11) is 0. The first-order chi connectivity index (χ1) is 19.1. The lowest BCUT2D eigenvalue weighted by molar-refractivity contribution is 0.0950. The largest absolute Gasteiger partial charge is 0.378 e. The van der Waals surface area contributed by atoms with Gasteiger partial charge in [-0.2, -0.15) is 4.98 Å². The molecule has 12 heteroatoms. The van der Waals surface area contributed by atoms with E-state index in [0.29, 0.717) is 74.5 Å². The Morgan fingerprint density at radius 2 is 1.82 bits per heavy atom. The molecule has 3 N–H and O–H groups in total. The van der Waals surface area contributed by atoms with E-state index in [4.69, 9.17) is 20.4 Å². The van der Waals surface area contributed by atoms with Crippen LogP contribution in [0.3, 0.4) is 0 Å². The Morgan fingerprint density at radius 3 is 2.56 bits per heavy atom. The quantitative estimate of drug-likeness (QED) is 0.385. The number of anilines is 4. The van der Waals surface area contributed by atoms with E-state index in [2.05, 4.69) is 25.2 Å². The standard InChI is InChI=1S/C27H26FN9O2/c28-21-13-18(25(38)31-14-17-3-6-30-7-4-17)1-2-22(21)37-8-5-20-23(19-15-32-26(29)33-16-19)34-27(35-24(20)37)36-9-11-39-12-10-36/h1-4,6-7,13,15-16H,5,8-12,14H2,(H,31,38)(H2,29,32,33). The van der Waals surface area contributed by atoms with Crippen LogP contribution in [0.5, 0.6) is 0 Å². The Morgan fingerprint density at radius 1 is 1.05 bits per heavy atom. The highest BCUT2D eigenvalue weighted by atomic mass is 19.1. The molecule has 0 aliphatic carbocycles. The summed E-state index contributed by atoms with van der Waals surface area (Å²) < 4.78 is 21.0. The summed E-state index contributed by atoms with van der Waals surface area (Å²) >= 11 is 0. The minimum absolute atomic E-state index is 0.173. The lowest BCUT2D eigenvalue weighted by Gasteiger charge is -2.28. The molecule has 4 aromatic rings. The van der Waals surface area contributed by atoms with Crippen LogP contribution in [0.1, 0.15) is 21.5 Å². The second kappa shape index (κ2) is 10.6. The van der Waals surface area contributed by atoms with Crippen molar-refractivity contribution in [1.82, 2.24) is 30.2 Å². The van der Waals surface area contributed by atoms with Crippen LogP contribution in [0.4, 0.5) is 27.8 Å². The number of benzene rings is 1. The number of aromatic nitrogens is 5. The molecule has 0 bridgehead atoms. The van der Waals surface area contributed by atoms with Gasteiger partial charge in [-0.15, -0.1) is 0 Å². The SMILES string of the molecule is Nc1ncc(-c2nc(N3CCOCC3)nc3c2CCN3c2ccc(C(=O)NCc3ccncc3)cc2F)cn1. The second-order valence-electron chi connectivity index (χ2n) is 9.21. The number of carbonyl (C=O) groups excluding carboxylic acids is 1. The zero-order valence-corrected chi connectivity index (χ0v) is 21.0. The Labute approximate surface area is 223 Å². The fourth-order valence-electron chi connectivity index (χ4n) is 4.73. The van der Waals surface area contributed by atoms with Gasteiger partial charge >= 0.3 is 0 Å². The average Bonchev–Trinajstić information content (AvgIpc) is 3.40. The van der Waals surface area contributed by atoms with Gasteiger partial charge in [-0.1, -0.05) is 0 Å². The van der Waals surface area contributed by atoms with Gasteiger partial charge in [0.05, 0.1) is 24.6 Å². The van der Waals surface area contributed by atoms with Gasteiger partial charge in [0.1, 0.15) is 11.6 Å². The Balaban J connectivity index is 1.32. The van der Waals surface area contributed by atoms with E-state index >= 15 is 4.39 Å². The molecule has 2 aliphatic heterocycles. The number of fused-ring (bicyclic) bond motifs is 1. The summed E-state index contributed by atoms with van der Waals surface area (Å²) in [5, 5.41) is 2.82. The van der Waals surface area contributed by atoms with E-state index in [-0.39, 0.29) is 17.4 Å². The molecule has 0 spiro atoms. The number of nitrogens with zero attached hydrogens (tertiary/aromatic N) is 7. The number of pyridine rings is 1. The molecule has 39 heavy (non-hydrogen) atoms. The number of nitrogen functional groups attached to an aromatic ring is 1. The molecule has 1 aromatic carbocycles. The maximum Gasteiger partial charge on any atom is 0.251 e. The van der Waals surface area contributed by atoms with Crippen molar-refractivity contribution in [2.75, 3.05) is 48.4 Å². The van der Waals surface area contributed by atoms with Crippen molar-refractivity contribution in [3.05, 3.63) is 77.6 Å². The molecule has 1 amide bonds. The summed E-state index contributed by atoms with van der Waals surface area (Å²) in [5.41, 5.74) is 9.46. The Kier molecular flexibility index (Phi) is 6.68. The topological polar surface area (TPSA) is 135 Å². The van der Waals surface area contributed by atoms with Crippen LogP contribution >= 0.6 is 0 Å². The molecule has 3 aromatic heterocycles. The van der Waals surface area contributed by atoms with Crippen molar-refractivity contribution in [3.8, 4) is 11.3 Å². The highest BCUT2D eigenvalue weighted by Gasteiger charge is 2.31. The molecule has 1 saturated heterocycles. The fraction of sp³-hybridized carbons (Fsp3) is 0.259. The number of rotatable bonds is 6. The minimum Gasteiger partial charge on any atom is -0.378 e. The van der Waals surface area contributed by atoms with E-state index in [1.807, 2.05) is 17.0 Å². The number of carbonyl (C=O) groups is 1. The summed E-state index contributed by atoms with van der Waals surface area (Å²) in [6.07, 6.45) is 7.19. The van der Waals surface area contributed by atoms with Crippen molar-refractivity contribution in [1.29, 1.82) is 0 Å². The highest BCUT2D eigenvalue weighted by Crippen LogP contribution is 2.40. The number of ether oxygens (including phenoxy) is 1.